The van der Waals surface area contributed by atoms with Crippen LogP contribution in [0.2, 0.25) is 0 Å². The minimum absolute atomic E-state index is 0.304. The van der Waals surface area contributed by atoms with E-state index in [1.54, 1.807) is 31.0 Å². The summed E-state index contributed by atoms with van der Waals surface area (Å²) in [6.45, 7) is 2.09. The first-order chi connectivity index (χ1) is 9.63. The summed E-state index contributed by atoms with van der Waals surface area (Å²) >= 11 is 1.61. The molecular formula is C16H16O3S. The van der Waals surface area contributed by atoms with Crippen molar-refractivity contribution >= 4 is 17.7 Å². The Kier molecular flexibility index (Phi) is 4.69. The first kappa shape index (κ1) is 14.5. The van der Waals surface area contributed by atoms with Crippen molar-refractivity contribution in [3.8, 4) is 5.75 Å². The van der Waals surface area contributed by atoms with Gasteiger partial charge >= 0.3 is 5.97 Å². The molecule has 0 amide bonds. The fourth-order valence-electron chi connectivity index (χ4n) is 1.90. The fraction of sp³-hybridized carbons (Fsp3) is 0.188. The predicted molar refractivity (Wildman–Crippen MR) is 79.9 cm³/mol. The zero-order valence-corrected chi connectivity index (χ0v) is 12.2. The van der Waals surface area contributed by atoms with Crippen LogP contribution in [0.15, 0.2) is 52.3 Å². The second-order valence-corrected chi connectivity index (χ2v) is 5.41. The van der Waals surface area contributed by atoms with Crippen molar-refractivity contribution < 1.29 is 14.6 Å². The molecule has 0 fully saturated rings. The second kappa shape index (κ2) is 6.48. The van der Waals surface area contributed by atoms with Crippen LogP contribution < -0.4 is 4.74 Å². The van der Waals surface area contributed by atoms with Crippen molar-refractivity contribution in [1.29, 1.82) is 0 Å². The molecule has 0 aromatic heterocycles. The van der Waals surface area contributed by atoms with Crippen molar-refractivity contribution in [2.45, 2.75) is 23.1 Å². The number of rotatable bonds is 5. The van der Waals surface area contributed by atoms with Crippen LogP contribution >= 0.6 is 11.8 Å². The maximum atomic E-state index is 10.8. The van der Waals surface area contributed by atoms with E-state index in [1.807, 2.05) is 24.3 Å². The average molecular weight is 288 g/mol. The van der Waals surface area contributed by atoms with Crippen molar-refractivity contribution in [3.63, 3.8) is 0 Å². The van der Waals surface area contributed by atoms with E-state index < -0.39 is 5.97 Å². The molecule has 0 aliphatic rings. The Bertz CT molecular complexity index is 606. The molecule has 0 heterocycles. The lowest BCUT2D eigenvalue weighted by atomic mass is 10.1. The molecule has 0 spiro atoms. The number of ether oxygens (including phenoxy) is 1. The highest BCUT2D eigenvalue weighted by Crippen LogP contribution is 2.31. The van der Waals surface area contributed by atoms with Gasteiger partial charge in [-0.15, -0.1) is 0 Å². The van der Waals surface area contributed by atoms with Crippen molar-refractivity contribution in [2.24, 2.45) is 0 Å². The minimum Gasteiger partial charge on any atom is -0.496 e. The molecule has 0 unspecified atom stereocenters. The van der Waals surface area contributed by atoms with E-state index >= 15 is 0 Å². The van der Waals surface area contributed by atoms with Crippen LogP contribution in [0.1, 0.15) is 22.8 Å². The Morgan fingerprint density at radius 2 is 1.80 bits per heavy atom. The average Bonchev–Trinajstić information content (AvgIpc) is 2.47. The van der Waals surface area contributed by atoms with Gasteiger partial charge in [0, 0.05) is 9.79 Å². The standard InChI is InChI=1S/C16H16O3S/c1-3-11-10-14(8-9-15(11)19-2)20-13-6-4-12(5-7-13)16(17)18/h4-10H,3H2,1-2H3,(H,17,18). The van der Waals surface area contributed by atoms with Gasteiger partial charge in [0.15, 0.2) is 0 Å². The van der Waals surface area contributed by atoms with E-state index in [0.29, 0.717) is 5.56 Å². The van der Waals surface area contributed by atoms with Gasteiger partial charge in [0.2, 0.25) is 0 Å². The second-order valence-electron chi connectivity index (χ2n) is 4.26. The Morgan fingerprint density at radius 3 is 2.35 bits per heavy atom. The van der Waals surface area contributed by atoms with Gasteiger partial charge in [-0.05, 0) is 54.4 Å². The SMILES string of the molecule is CCc1cc(Sc2ccc(C(=O)O)cc2)ccc1OC. The van der Waals surface area contributed by atoms with Crippen LogP contribution in [-0.4, -0.2) is 18.2 Å². The van der Waals surface area contributed by atoms with Gasteiger partial charge in [0.1, 0.15) is 5.75 Å². The molecule has 2 aromatic carbocycles. The number of aromatic carboxylic acids is 1. The quantitative estimate of drug-likeness (QED) is 0.899. The summed E-state index contributed by atoms with van der Waals surface area (Å²) in [7, 11) is 1.67. The highest BCUT2D eigenvalue weighted by Gasteiger charge is 2.05. The molecule has 0 aliphatic carbocycles. The lowest BCUT2D eigenvalue weighted by Gasteiger charge is -2.09. The van der Waals surface area contributed by atoms with E-state index in [-0.39, 0.29) is 0 Å². The van der Waals surface area contributed by atoms with Crippen LogP contribution in [0, 0.1) is 0 Å². The molecule has 0 saturated heterocycles. The number of hydrogen-bond acceptors (Lipinski definition) is 3. The normalized spacial score (nSPS) is 10.3. The van der Waals surface area contributed by atoms with Crippen molar-refractivity contribution in [1.82, 2.24) is 0 Å². The molecular weight excluding hydrogens is 272 g/mol. The molecule has 0 saturated carbocycles. The predicted octanol–water partition coefficient (Wildman–Crippen LogP) is 4.11. The first-order valence-electron chi connectivity index (χ1n) is 6.32. The van der Waals surface area contributed by atoms with E-state index in [0.717, 1.165) is 22.0 Å². The zero-order chi connectivity index (χ0) is 14.5. The van der Waals surface area contributed by atoms with Crippen LogP contribution in [-0.2, 0) is 6.42 Å². The largest absolute Gasteiger partial charge is 0.496 e. The van der Waals surface area contributed by atoms with E-state index in [4.69, 9.17) is 9.84 Å². The molecule has 0 radical (unpaired) electrons. The maximum absolute atomic E-state index is 10.8. The van der Waals surface area contributed by atoms with Crippen LogP contribution in [0.25, 0.3) is 0 Å². The lowest BCUT2D eigenvalue weighted by molar-refractivity contribution is 0.0697. The number of aryl methyl sites for hydroxylation is 1. The van der Waals surface area contributed by atoms with Gasteiger partial charge in [0.05, 0.1) is 12.7 Å². The summed E-state index contributed by atoms with van der Waals surface area (Å²) in [4.78, 5) is 12.9. The van der Waals surface area contributed by atoms with Crippen molar-refractivity contribution in [3.05, 3.63) is 53.6 Å². The van der Waals surface area contributed by atoms with Crippen LogP contribution in [0.5, 0.6) is 5.75 Å². The third-order valence-electron chi connectivity index (χ3n) is 2.97. The van der Waals surface area contributed by atoms with E-state index in [9.17, 15) is 4.79 Å². The Labute approximate surface area is 122 Å². The summed E-state index contributed by atoms with van der Waals surface area (Å²) < 4.78 is 5.31. The van der Waals surface area contributed by atoms with Gasteiger partial charge in [-0.3, -0.25) is 0 Å². The molecule has 0 bridgehead atoms. The molecule has 20 heavy (non-hydrogen) atoms. The third kappa shape index (κ3) is 3.33. The molecule has 2 rings (SSSR count). The van der Waals surface area contributed by atoms with E-state index in [1.165, 1.54) is 5.56 Å². The molecule has 104 valence electrons. The molecule has 2 aromatic rings. The zero-order valence-electron chi connectivity index (χ0n) is 11.4. The molecule has 0 aliphatic heterocycles. The highest BCUT2D eigenvalue weighted by atomic mass is 32.2. The monoisotopic (exact) mass is 288 g/mol. The molecule has 3 nitrogen and oxygen atoms in total. The van der Waals surface area contributed by atoms with Gasteiger partial charge in [-0.2, -0.15) is 0 Å². The van der Waals surface area contributed by atoms with Gasteiger partial charge < -0.3 is 9.84 Å². The van der Waals surface area contributed by atoms with Crippen molar-refractivity contribution in [2.75, 3.05) is 7.11 Å². The number of carboxylic acids is 1. The lowest BCUT2D eigenvalue weighted by Crippen LogP contribution is -1.94. The Morgan fingerprint density at radius 1 is 1.15 bits per heavy atom. The Hall–Kier alpha value is -1.94. The number of hydrogen-bond donors (Lipinski definition) is 1. The van der Waals surface area contributed by atoms with Gasteiger partial charge in [0.25, 0.3) is 0 Å². The summed E-state index contributed by atoms with van der Waals surface area (Å²) in [5, 5.41) is 8.87. The number of carbonyl (C=O) groups is 1. The first-order valence-corrected chi connectivity index (χ1v) is 7.13. The molecule has 4 heteroatoms. The van der Waals surface area contributed by atoms with Gasteiger partial charge in [-0.25, -0.2) is 4.79 Å². The smallest absolute Gasteiger partial charge is 0.335 e. The van der Waals surface area contributed by atoms with E-state index in [2.05, 4.69) is 13.0 Å². The van der Waals surface area contributed by atoms with Gasteiger partial charge in [-0.1, -0.05) is 18.7 Å². The summed E-state index contributed by atoms with van der Waals surface area (Å²) in [5.41, 5.74) is 1.47. The summed E-state index contributed by atoms with van der Waals surface area (Å²) in [6, 6.07) is 13.0. The molecule has 0 atom stereocenters. The molecule has 1 N–H and O–H groups in total. The third-order valence-corrected chi connectivity index (χ3v) is 3.97. The minimum atomic E-state index is -0.903. The van der Waals surface area contributed by atoms with Crippen LogP contribution in [0.3, 0.4) is 0 Å². The Balaban J connectivity index is 2.19. The topological polar surface area (TPSA) is 46.5 Å². The maximum Gasteiger partial charge on any atom is 0.335 e. The highest BCUT2D eigenvalue weighted by molar-refractivity contribution is 7.99. The number of methoxy groups -OCH3 is 1. The number of benzene rings is 2. The summed E-state index contributed by atoms with van der Waals surface area (Å²) in [6.07, 6.45) is 0.912. The van der Waals surface area contributed by atoms with Crippen LogP contribution in [0.4, 0.5) is 0 Å². The fourth-order valence-corrected chi connectivity index (χ4v) is 2.78. The number of carboxylic acid groups (broad SMARTS) is 1. The summed E-state index contributed by atoms with van der Waals surface area (Å²) in [5.74, 6) is -0.00246.